The van der Waals surface area contributed by atoms with Gasteiger partial charge in [0, 0.05) is 22.7 Å². The largest absolute Gasteiger partial charge is 0.508 e. The molecule has 0 unspecified atom stereocenters. The van der Waals surface area contributed by atoms with Crippen LogP contribution in [0.4, 0.5) is 0 Å². The summed E-state index contributed by atoms with van der Waals surface area (Å²) < 4.78 is 1.51. The number of hydrogen-bond acceptors (Lipinski definition) is 4. The molecule has 3 aromatic heterocycles. The number of imidazole rings is 1. The molecule has 5 rings (SSSR count). The molecule has 0 amide bonds. The Hall–Kier alpha value is -3.87. The molecule has 126 valence electrons. The number of fused-ring (bicyclic) bond motifs is 2. The van der Waals surface area contributed by atoms with Crippen LogP contribution in [0.1, 0.15) is 0 Å². The Labute approximate surface area is 146 Å². The van der Waals surface area contributed by atoms with E-state index >= 15 is 0 Å². The fourth-order valence-corrected chi connectivity index (χ4v) is 3.07. The Morgan fingerprint density at radius 1 is 1.04 bits per heavy atom. The number of phenolic OH excluding ortho intramolecular Hbond substituents is 1. The number of nitrogens with one attached hydrogen (secondary N) is 2. The smallest absolute Gasteiger partial charge is 0.333 e. The lowest BCUT2D eigenvalue weighted by Gasteiger charge is -2.05. The lowest BCUT2D eigenvalue weighted by Crippen LogP contribution is -2.14. The van der Waals surface area contributed by atoms with Crippen LogP contribution in [-0.4, -0.2) is 29.6 Å². The number of hydrogen-bond donors (Lipinski definition) is 3. The zero-order valence-electron chi connectivity index (χ0n) is 13.5. The van der Waals surface area contributed by atoms with Crippen molar-refractivity contribution < 1.29 is 5.11 Å². The van der Waals surface area contributed by atoms with Crippen molar-refractivity contribution in [2.45, 2.75) is 0 Å². The number of nitrogens with zero attached hydrogens (tertiary/aromatic N) is 3. The van der Waals surface area contributed by atoms with Gasteiger partial charge in [0.15, 0.2) is 11.3 Å². The van der Waals surface area contributed by atoms with E-state index in [-0.39, 0.29) is 11.4 Å². The summed E-state index contributed by atoms with van der Waals surface area (Å²) in [4.78, 5) is 27.3. The molecular weight excluding hydrogens is 330 g/mol. The van der Waals surface area contributed by atoms with Gasteiger partial charge >= 0.3 is 5.69 Å². The number of rotatable bonds is 2. The molecule has 0 saturated heterocycles. The van der Waals surface area contributed by atoms with E-state index in [0.29, 0.717) is 22.7 Å². The van der Waals surface area contributed by atoms with Gasteiger partial charge < -0.3 is 10.1 Å². The van der Waals surface area contributed by atoms with Crippen molar-refractivity contribution >= 4 is 22.2 Å². The predicted molar refractivity (Wildman–Crippen MR) is 98.4 cm³/mol. The molecule has 0 saturated carbocycles. The van der Waals surface area contributed by atoms with Crippen LogP contribution >= 0.6 is 0 Å². The molecule has 0 aliphatic heterocycles. The third-order valence-corrected chi connectivity index (χ3v) is 4.35. The number of aromatic amines is 2. The third-order valence-electron chi connectivity index (χ3n) is 4.35. The summed E-state index contributed by atoms with van der Waals surface area (Å²) in [5.74, 6) is 0.182. The van der Waals surface area contributed by atoms with E-state index < -0.39 is 0 Å². The lowest BCUT2D eigenvalue weighted by atomic mass is 10.1. The van der Waals surface area contributed by atoms with Gasteiger partial charge in [0.05, 0.1) is 17.6 Å². The van der Waals surface area contributed by atoms with E-state index in [1.165, 1.54) is 4.57 Å². The predicted octanol–water partition coefficient (Wildman–Crippen LogP) is 2.96. The van der Waals surface area contributed by atoms with Crippen molar-refractivity contribution in [2.24, 2.45) is 0 Å². The van der Waals surface area contributed by atoms with Crippen molar-refractivity contribution in [1.82, 2.24) is 24.5 Å². The lowest BCUT2D eigenvalue weighted by molar-refractivity contribution is 0.475. The molecule has 7 heteroatoms. The van der Waals surface area contributed by atoms with Crippen molar-refractivity contribution in [3.05, 3.63) is 71.4 Å². The highest BCUT2D eigenvalue weighted by Crippen LogP contribution is 2.23. The van der Waals surface area contributed by atoms with E-state index in [9.17, 15) is 9.90 Å². The minimum absolute atomic E-state index is 0.182. The second-order valence-electron chi connectivity index (χ2n) is 5.99. The van der Waals surface area contributed by atoms with Crippen molar-refractivity contribution in [3.63, 3.8) is 0 Å². The summed E-state index contributed by atoms with van der Waals surface area (Å²) in [7, 11) is 0. The standard InChI is InChI=1S/C19H13N5O2/c25-14-4-1-11(2-5-14)16-10-21-17-18(22-16)24(19(26)23-17)13-3-6-15-12(9-13)7-8-20-15/h1-10,20,25H,(H,21,23,26). The molecule has 3 N–H and O–H groups in total. The Kier molecular flexibility index (Phi) is 2.96. The minimum atomic E-state index is -0.294. The molecule has 0 atom stereocenters. The van der Waals surface area contributed by atoms with Crippen molar-refractivity contribution in [1.29, 1.82) is 0 Å². The zero-order valence-corrected chi connectivity index (χ0v) is 13.5. The Morgan fingerprint density at radius 2 is 1.88 bits per heavy atom. The molecule has 0 bridgehead atoms. The fourth-order valence-electron chi connectivity index (χ4n) is 3.07. The first-order chi connectivity index (χ1) is 12.7. The number of aromatic nitrogens is 5. The van der Waals surface area contributed by atoms with Gasteiger partial charge in [0.2, 0.25) is 0 Å². The molecule has 7 nitrogen and oxygen atoms in total. The van der Waals surface area contributed by atoms with Gasteiger partial charge in [-0.1, -0.05) is 0 Å². The van der Waals surface area contributed by atoms with Crippen LogP contribution in [0.3, 0.4) is 0 Å². The molecule has 26 heavy (non-hydrogen) atoms. The highest BCUT2D eigenvalue weighted by atomic mass is 16.3. The first kappa shape index (κ1) is 14.5. The number of phenols is 1. The average Bonchev–Trinajstić information content (AvgIpc) is 3.24. The van der Waals surface area contributed by atoms with Gasteiger partial charge in [-0.2, -0.15) is 0 Å². The van der Waals surface area contributed by atoms with E-state index in [4.69, 9.17) is 0 Å². The minimum Gasteiger partial charge on any atom is -0.508 e. The van der Waals surface area contributed by atoms with E-state index in [2.05, 4.69) is 19.9 Å². The maximum atomic E-state index is 12.5. The third kappa shape index (κ3) is 2.18. The molecule has 0 aliphatic rings. The summed E-state index contributed by atoms with van der Waals surface area (Å²) in [6.45, 7) is 0. The summed E-state index contributed by atoms with van der Waals surface area (Å²) in [6, 6.07) is 14.4. The normalized spacial score (nSPS) is 11.4. The second kappa shape index (κ2) is 5.32. The monoisotopic (exact) mass is 343 g/mol. The van der Waals surface area contributed by atoms with Crippen LogP contribution in [0.25, 0.3) is 39.1 Å². The SMILES string of the molecule is O=c1[nH]c2ncc(-c3ccc(O)cc3)nc2n1-c1ccc2[nH]ccc2c1. The molecule has 2 aromatic carbocycles. The molecule has 0 fully saturated rings. The Morgan fingerprint density at radius 3 is 2.73 bits per heavy atom. The second-order valence-corrected chi connectivity index (χ2v) is 5.99. The fraction of sp³-hybridized carbons (Fsp3) is 0. The van der Waals surface area contributed by atoms with E-state index in [1.54, 1.807) is 30.5 Å². The zero-order chi connectivity index (χ0) is 17.7. The summed E-state index contributed by atoms with van der Waals surface area (Å²) in [5.41, 5.74) is 3.72. The van der Waals surface area contributed by atoms with Gasteiger partial charge in [-0.3, -0.25) is 4.98 Å². The molecule has 3 heterocycles. The van der Waals surface area contributed by atoms with Crippen LogP contribution in [0.2, 0.25) is 0 Å². The summed E-state index contributed by atoms with van der Waals surface area (Å²) >= 11 is 0. The molecule has 0 spiro atoms. The van der Waals surface area contributed by atoms with Gasteiger partial charge in [0.25, 0.3) is 0 Å². The highest BCUT2D eigenvalue weighted by Gasteiger charge is 2.13. The first-order valence-electron chi connectivity index (χ1n) is 8.04. The molecule has 5 aromatic rings. The number of aromatic hydroxyl groups is 1. The quantitative estimate of drug-likeness (QED) is 0.459. The summed E-state index contributed by atoms with van der Waals surface area (Å²) in [6.07, 6.45) is 3.46. The Bertz CT molecular complexity index is 1310. The van der Waals surface area contributed by atoms with E-state index in [1.807, 2.05) is 30.5 Å². The van der Waals surface area contributed by atoms with Crippen LogP contribution in [0.5, 0.6) is 5.75 Å². The topological polar surface area (TPSA) is 99.6 Å². The maximum absolute atomic E-state index is 12.5. The van der Waals surface area contributed by atoms with E-state index in [0.717, 1.165) is 16.5 Å². The highest BCUT2D eigenvalue weighted by molar-refractivity contribution is 5.82. The Balaban J connectivity index is 1.73. The average molecular weight is 343 g/mol. The molecule has 0 aliphatic carbocycles. The van der Waals surface area contributed by atoms with Gasteiger partial charge in [-0.15, -0.1) is 0 Å². The number of H-pyrrole nitrogens is 2. The van der Waals surface area contributed by atoms with Crippen LogP contribution < -0.4 is 5.69 Å². The summed E-state index contributed by atoms with van der Waals surface area (Å²) in [5, 5.41) is 10.5. The van der Waals surface area contributed by atoms with Crippen molar-refractivity contribution in [3.8, 4) is 22.7 Å². The first-order valence-corrected chi connectivity index (χ1v) is 8.04. The van der Waals surface area contributed by atoms with Crippen molar-refractivity contribution in [2.75, 3.05) is 0 Å². The molecule has 0 radical (unpaired) electrons. The van der Waals surface area contributed by atoms with Gasteiger partial charge in [0.1, 0.15) is 5.75 Å². The van der Waals surface area contributed by atoms with Crippen LogP contribution in [0.15, 0.2) is 65.7 Å². The van der Waals surface area contributed by atoms with Gasteiger partial charge in [-0.05, 0) is 48.5 Å². The van der Waals surface area contributed by atoms with Gasteiger partial charge in [-0.25, -0.2) is 19.3 Å². The maximum Gasteiger partial charge on any atom is 0.333 e. The number of benzene rings is 2. The van der Waals surface area contributed by atoms with Crippen LogP contribution in [0, 0.1) is 0 Å². The molecular formula is C19H13N5O2. The van der Waals surface area contributed by atoms with Crippen LogP contribution in [-0.2, 0) is 0 Å².